The molecule has 0 aromatic rings. The van der Waals surface area contributed by atoms with E-state index in [0.717, 1.165) is 0 Å². The maximum Gasteiger partial charge on any atom is 0.108 e. The van der Waals surface area contributed by atoms with E-state index in [9.17, 15) is 0 Å². The summed E-state index contributed by atoms with van der Waals surface area (Å²) in [4.78, 5) is 0. The largest absolute Gasteiger partial charge is 0.366 e. The van der Waals surface area contributed by atoms with E-state index in [4.69, 9.17) is 4.74 Å². The van der Waals surface area contributed by atoms with Crippen LogP contribution in [0.15, 0.2) is 0 Å². The van der Waals surface area contributed by atoms with Crippen LogP contribution in [0.25, 0.3) is 0 Å². The van der Waals surface area contributed by atoms with Gasteiger partial charge < -0.3 is 4.74 Å². The van der Waals surface area contributed by atoms with Crippen molar-refractivity contribution < 1.29 is 4.74 Å². The van der Waals surface area contributed by atoms with Crippen molar-refractivity contribution >= 4 is 0 Å². The molecule has 0 unspecified atom stereocenters. The molecule has 0 aromatic heterocycles. The van der Waals surface area contributed by atoms with Crippen molar-refractivity contribution in [3.8, 4) is 11.8 Å². The normalized spacial score (nSPS) is 8.50. The summed E-state index contributed by atoms with van der Waals surface area (Å²) in [6, 6.07) is 0. The van der Waals surface area contributed by atoms with E-state index >= 15 is 0 Å². The summed E-state index contributed by atoms with van der Waals surface area (Å²) in [6.07, 6.45) is 0.302. The second-order valence-electron chi connectivity index (χ2n) is 1.79. The van der Waals surface area contributed by atoms with Crippen LogP contribution in [0.5, 0.6) is 0 Å². The van der Waals surface area contributed by atoms with Crippen LogP contribution in [0, 0.1) is 11.8 Å². The van der Waals surface area contributed by atoms with Gasteiger partial charge in [-0.2, -0.15) is 0 Å². The van der Waals surface area contributed by atoms with Gasteiger partial charge in [0.05, 0.1) is 6.10 Å². The van der Waals surface area contributed by atoms with Crippen molar-refractivity contribution in [1.82, 2.24) is 0 Å². The van der Waals surface area contributed by atoms with Crippen molar-refractivity contribution in [1.29, 1.82) is 0 Å². The molecule has 0 N–H and O–H groups in total. The molecule has 1 heteroatoms. The second-order valence-corrected chi connectivity index (χ2v) is 1.79. The Kier molecular flexibility index (Phi) is 4.39. The van der Waals surface area contributed by atoms with Crippen molar-refractivity contribution in [3.05, 3.63) is 0 Å². The first-order valence-electron chi connectivity index (χ1n) is 2.78. The first kappa shape index (κ1) is 7.52. The van der Waals surface area contributed by atoms with E-state index in [0.29, 0.717) is 12.7 Å². The highest BCUT2D eigenvalue weighted by molar-refractivity contribution is 4.94. The molecule has 0 aliphatic rings. The van der Waals surface area contributed by atoms with Crippen LogP contribution in [0.4, 0.5) is 0 Å². The number of ether oxygens (including phenoxy) is 1. The predicted octanol–water partition coefficient (Wildman–Crippen LogP) is 1.43. The van der Waals surface area contributed by atoms with Crippen molar-refractivity contribution in [2.75, 3.05) is 6.61 Å². The Morgan fingerprint density at radius 3 is 2.50 bits per heavy atom. The third-order valence-electron chi connectivity index (χ3n) is 0.666. The van der Waals surface area contributed by atoms with E-state index in [2.05, 4.69) is 11.8 Å². The topological polar surface area (TPSA) is 9.23 Å². The van der Waals surface area contributed by atoms with Crippen LogP contribution in [0.3, 0.4) is 0 Å². The molecule has 0 rings (SSSR count). The summed E-state index contributed by atoms with van der Waals surface area (Å²) in [7, 11) is 0. The Morgan fingerprint density at radius 2 is 2.12 bits per heavy atom. The smallest absolute Gasteiger partial charge is 0.108 e. The maximum absolute atomic E-state index is 5.11. The van der Waals surface area contributed by atoms with Crippen LogP contribution >= 0.6 is 0 Å². The Balaban J connectivity index is 3.01. The summed E-state index contributed by atoms with van der Waals surface area (Å²) in [6.45, 7) is 6.37. The summed E-state index contributed by atoms with van der Waals surface area (Å²) >= 11 is 0. The average molecular weight is 112 g/mol. The molecular formula is C7H12O. The van der Waals surface area contributed by atoms with Gasteiger partial charge in [0.15, 0.2) is 0 Å². The zero-order valence-electron chi connectivity index (χ0n) is 5.69. The quantitative estimate of drug-likeness (QED) is 0.491. The molecule has 0 radical (unpaired) electrons. The zero-order chi connectivity index (χ0) is 6.41. The van der Waals surface area contributed by atoms with Crippen molar-refractivity contribution in [3.63, 3.8) is 0 Å². The number of hydrogen-bond acceptors (Lipinski definition) is 1. The minimum atomic E-state index is 0.302. The van der Waals surface area contributed by atoms with Gasteiger partial charge in [-0.3, -0.25) is 0 Å². The van der Waals surface area contributed by atoms with Gasteiger partial charge >= 0.3 is 0 Å². The fourth-order valence-corrected chi connectivity index (χ4v) is 0.281. The van der Waals surface area contributed by atoms with Gasteiger partial charge in [0.25, 0.3) is 0 Å². The summed E-state index contributed by atoms with van der Waals surface area (Å²) < 4.78 is 5.11. The summed E-state index contributed by atoms with van der Waals surface area (Å²) in [5.41, 5.74) is 0. The molecule has 0 spiro atoms. The highest BCUT2D eigenvalue weighted by Gasteiger charge is 1.85. The molecule has 0 aromatic carbocycles. The van der Waals surface area contributed by atoms with E-state index in [1.807, 2.05) is 20.8 Å². The Morgan fingerprint density at radius 1 is 1.50 bits per heavy atom. The molecule has 0 saturated carbocycles. The fourth-order valence-electron chi connectivity index (χ4n) is 0.281. The highest BCUT2D eigenvalue weighted by atomic mass is 16.5. The summed E-state index contributed by atoms with van der Waals surface area (Å²) in [5, 5.41) is 0. The lowest BCUT2D eigenvalue weighted by molar-refractivity contribution is 0.107. The minimum absolute atomic E-state index is 0.302. The van der Waals surface area contributed by atoms with Gasteiger partial charge in [-0.25, -0.2) is 0 Å². The van der Waals surface area contributed by atoms with Crippen molar-refractivity contribution in [2.24, 2.45) is 0 Å². The zero-order valence-corrected chi connectivity index (χ0v) is 5.69. The van der Waals surface area contributed by atoms with E-state index in [-0.39, 0.29) is 0 Å². The lowest BCUT2D eigenvalue weighted by atomic mass is 10.5. The fraction of sp³-hybridized carbons (Fsp3) is 0.714. The molecule has 1 nitrogen and oxygen atoms in total. The van der Waals surface area contributed by atoms with E-state index in [1.165, 1.54) is 0 Å². The monoisotopic (exact) mass is 112 g/mol. The van der Waals surface area contributed by atoms with Crippen LogP contribution in [0.1, 0.15) is 20.8 Å². The standard InChI is InChI=1S/C7H12O/c1-4-5-6-8-7(2)3/h7H,6H2,1-3H3. The molecule has 0 aliphatic carbocycles. The SMILES string of the molecule is CC#CCOC(C)C. The number of hydrogen-bond donors (Lipinski definition) is 0. The van der Waals surface area contributed by atoms with Crippen LogP contribution in [-0.2, 0) is 4.74 Å². The van der Waals surface area contributed by atoms with Gasteiger partial charge in [0, 0.05) is 0 Å². The van der Waals surface area contributed by atoms with Gasteiger partial charge in [-0.15, -0.1) is 5.92 Å². The van der Waals surface area contributed by atoms with Gasteiger partial charge in [-0.05, 0) is 20.8 Å². The molecule has 0 heterocycles. The first-order chi connectivity index (χ1) is 3.77. The first-order valence-corrected chi connectivity index (χ1v) is 2.78. The molecular weight excluding hydrogens is 100 g/mol. The third kappa shape index (κ3) is 5.52. The Labute approximate surface area is 51.0 Å². The lowest BCUT2D eigenvalue weighted by Gasteiger charge is -2.00. The van der Waals surface area contributed by atoms with Crippen LogP contribution < -0.4 is 0 Å². The molecule has 0 amide bonds. The van der Waals surface area contributed by atoms with Gasteiger partial charge in [0.2, 0.25) is 0 Å². The average Bonchev–Trinajstić information content (AvgIpc) is 1.66. The molecule has 0 bridgehead atoms. The summed E-state index contributed by atoms with van der Waals surface area (Å²) in [5.74, 6) is 5.56. The predicted molar refractivity (Wildman–Crippen MR) is 34.5 cm³/mol. The van der Waals surface area contributed by atoms with Crippen molar-refractivity contribution in [2.45, 2.75) is 26.9 Å². The molecule has 0 atom stereocenters. The molecule has 0 aliphatic heterocycles. The highest BCUT2D eigenvalue weighted by Crippen LogP contribution is 1.83. The van der Waals surface area contributed by atoms with E-state index < -0.39 is 0 Å². The Hall–Kier alpha value is -0.480. The van der Waals surface area contributed by atoms with Crippen LogP contribution in [-0.4, -0.2) is 12.7 Å². The third-order valence-corrected chi connectivity index (χ3v) is 0.666. The second kappa shape index (κ2) is 4.67. The van der Waals surface area contributed by atoms with Gasteiger partial charge in [-0.1, -0.05) is 5.92 Å². The molecule has 8 heavy (non-hydrogen) atoms. The van der Waals surface area contributed by atoms with E-state index in [1.54, 1.807) is 0 Å². The van der Waals surface area contributed by atoms with Gasteiger partial charge in [0.1, 0.15) is 6.61 Å². The van der Waals surface area contributed by atoms with Crippen LogP contribution in [0.2, 0.25) is 0 Å². The minimum Gasteiger partial charge on any atom is -0.366 e. The maximum atomic E-state index is 5.11. The molecule has 0 saturated heterocycles. The molecule has 46 valence electrons. The lowest BCUT2D eigenvalue weighted by Crippen LogP contribution is -2.01. The molecule has 0 fully saturated rings. The Bertz CT molecular complexity index is 94.7. The number of rotatable bonds is 2.